The summed E-state index contributed by atoms with van der Waals surface area (Å²) in [6.07, 6.45) is 5.73. The summed E-state index contributed by atoms with van der Waals surface area (Å²) in [6, 6.07) is 1.75. The molecule has 0 aromatic rings. The lowest BCUT2D eigenvalue weighted by molar-refractivity contribution is 0.349. The van der Waals surface area contributed by atoms with Crippen molar-refractivity contribution < 1.29 is 0 Å². The largest absolute Gasteiger partial charge is 0.370 e. The zero-order valence-electron chi connectivity index (χ0n) is 6.16. The number of hydrogen-bond acceptors (Lipinski definition) is 2. The minimum absolute atomic E-state index is 0.414. The van der Waals surface area contributed by atoms with E-state index in [1.54, 1.807) is 0 Å². The molecule has 0 aliphatic carbocycles. The molecule has 2 heterocycles. The normalized spacial score (nSPS) is 44.5. The molecule has 2 aliphatic heterocycles. The van der Waals surface area contributed by atoms with Crippen LogP contribution in [0.25, 0.3) is 0 Å². The lowest BCUT2D eigenvalue weighted by Crippen LogP contribution is -2.34. The van der Waals surface area contributed by atoms with Crippen LogP contribution in [0.2, 0.25) is 0 Å². The molecule has 0 aromatic carbocycles. The summed E-state index contributed by atoms with van der Waals surface area (Å²) in [5.74, 6) is 0. The quantitative estimate of drug-likeness (QED) is 0.577. The molecule has 2 rings (SSSR count). The highest BCUT2D eigenvalue weighted by Gasteiger charge is 2.42. The van der Waals surface area contributed by atoms with Crippen LogP contribution in [0.5, 0.6) is 0 Å². The van der Waals surface area contributed by atoms with Gasteiger partial charge in [-0.2, -0.15) is 0 Å². The number of rotatable bonds is 1. The Bertz CT molecular complexity index is 155. The minimum Gasteiger partial charge on any atom is -0.370 e. The molecule has 3 atom stereocenters. The van der Waals surface area contributed by atoms with Crippen molar-refractivity contribution >= 4 is 0 Å². The van der Waals surface area contributed by atoms with Gasteiger partial charge in [-0.15, -0.1) is 0 Å². The Balaban J connectivity index is 2.18. The van der Waals surface area contributed by atoms with E-state index in [2.05, 4.69) is 11.5 Å². The Labute approximate surface area is 61.7 Å². The van der Waals surface area contributed by atoms with Gasteiger partial charge in [0.25, 0.3) is 0 Å². The van der Waals surface area contributed by atoms with Crippen LogP contribution in [0, 0.1) is 0 Å². The molecular formula is C8H14N2. The summed E-state index contributed by atoms with van der Waals surface area (Å²) >= 11 is 0. The second kappa shape index (κ2) is 1.99. The van der Waals surface area contributed by atoms with Gasteiger partial charge in [0.15, 0.2) is 0 Å². The number of nitrogens with zero attached hydrogens (tertiary/aromatic N) is 1. The van der Waals surface area contributed by atoms with E-state index < -0.39 is 0 Å². The third-order valence-corrected chi connectivity index (χ3v) is 2.85. The summed E-state index contributed by atoms with van der Waals surface area (Å²) in [6.45, 7) is 3.79. The van der Waals surface area contributed by atoms with E-state index in [9.17, 15) is 0 Å². The molecule has 2 fully saturated rings. The number of fused-ring (bicyclic) bond motifs is 2. The van der Waals surface area contributed by atoms with Crippen molar-refractivity contribution in [3.05, 3.63) is 12.8 Å². The zero-order chi connectivity index (χ0) is 7.14. The Morgan fingerprint density at radius 2 is 2.30 bits per heavy atom. The van der Waals surface area contributed by atoms with Crippen LogP contribution >= 0.6 is 0 Å². The molecule has 2 unspecified atom stereocenters. The molecule has 2 bridgehead atoms. The van der Waals surface area contributed by atoms with Crippen LogP contribution in [0.15, 0.2) is 12.8 Å². The summed E-state index contributed by atoms with van der Waals surface area (Å²) in [5.41, 5.74) is 5.90. The van der Waals surface area contributed by atoms with Crippen molar-refractivity contribution in [1.29, 1.82) is 0 Å². The van der Waals surface area contributed by atoms with Crippen LogP contribution in [0.4, 0.5) is 0 Å². The highest BCUT2D eigenvalue weighted by Crippen LogP contribution is 2.36. The molecule has 0 amide bonds. The third kappa shape index (κ3) is 0.626. The maximum absolute atomic E-state index is 5.90. The SMILES string of the molecule is C=CN1C2CCC1[C@H](N)C2. The van der Waals surface area contributed by atoms with Crippen molar-refractivity contribution in [2.24, 2.45) is 5.73 Å². The molecule has 10 heavy (non-hydrogen) atoms. The maximum atomic E-state index is 5.90. The number of hydrogen-bond donors (Lipinski definition) is 1. The maximum Gasteiger partial charge on any atom is 0.0439 e. The second-order valence-corrected chi connectivity index (χ2v) is 3.33. The first-order valence-electron chi connectivity index (χ1n) is 3.98. The Kier molecular flexibility index (Phi) is 1.24. The average Bonchev–Trinajstić information content (AvgIpc) is 2.42. The van der Waals surface area contributed by atoms with E-state index in [1.165, 1.54) is 19.3 Å². The van der Waals surface area contributed by atoms with Crippen molar-refractivity contribution in [2.45, 2.75) is 37.4 Å². The van der Waals surface area contributed by atoms with Gasteiger partial charge in [0.2, 0.25) is 0 Å². The van der Waals surface area contributed by atoms with E-state index in [-0.39, 0.29) is 0 Å². The fraction of sp³-hybridized carbons (Fsp3) is 0.750. The van der Waals surface area contributed by atoms with Gasteiger partial charge in [-0.3, -0.25) is 0 Å². The van der Waals surface area contributed by atoms with Gasteiger partial charge in [0.05, 0.1) is 0 Å². The summed E-state index contributed by atoms with van der Waals surface area (Å²) < 4.78 is 0. The molecular weight excluding hydrogens is 124 g/mol. The first kappa shape index (κ1) is 6.23. The lowest BCUT2D eigenvalue weighted by atomic mass is 9.97. The Hall–Kier alpha value is -0.500. The van der Waals surface area contributed by atoms with E-state index in [0.29, 0.717) is 12.1 Å². The van der Waals surface area contributed by atoms with Crippen molar-refractivity contribution in [2.75, 3.05) is 0 Å². The van der Waals surface area contributed by atoms with E-state index in [4.69, 9.17) is 5.73 Å². The summed E-state index contributed by atoms with van der Waals surface area (Å²) in [7, 11) is 0. The van der Waals surface area contributed by atoms with Crippen LogP contribution in [-0.4, -0.2) is 23.0 Å². The minimum atomic E-state index is 0.414. The number of nitrogens with two attached hydrogens (primary N) is 1. The van der Waals surface area contributed by atoms with Crippen molar-refractivity contribution in [1.82, 2.24) is 4.90 Å². The molecule has 56 valence electrons. The van der Waals surface area contributed by atoms with E-state index in [0.717, 1.165) is 6.04 Å². The third-order valence-electron chi connectivity index (χ3n) is 2.85. The van der Waals surface area contributed by atoms with Crippen molar-refractivity contribution in [3.8, 4) is 0 Å². The monoisotopic (exact) mass is 138 g/mol. The van der Waals surface area contributed by atoms with E-state index >= 15 is 0 Å². The predicted octanol–water partition coefficient (Wildman–Crippen LogP) is 0.694. The predicted molar refractivity (Wildman–Crippen MR) is 41.4 cm³/mol. The van der Waals surface area contributed by atoms with E-state index in [1.807, 2.05) is 6.20 Å². The Morgan fingerprint density at radius 1 is 1.50 bits per heavy atom. The fourth-order valence-corrected chi connectivity index (χ4v) is 2.36. The smallest absolute Gasteiger partial charge is 0.0439 e. The highest BCUT2D eigenvalue weighted by molar-refractivity contribution is 5.05. The van der Waals surface area contributed by atoms with Crippen molar-refractivity contribution in [3.63, 3.8) is 0 Å². The molecule has 0 saturated carbocycles. The lowest BCUT2D eigenvalue weighted by Gasteiger charge is -2.19. The molecule has 2 nitrogen and oxygen atoms in total. The first-order chi connectivity index (χ1) is 4.83. The van der Waals surface area contributed by atoms with Gasteiger partial charge >= 0.3 is 0 Å². The topological polar surface area (TPSA) is 29.3 Å². The molecule has 0 aromatic heterocycles. The fourth-order valence-electron chi connectivity index (χ4n) is 2.36. The van der Waals surface area contributed by atoms with Crippen LogP contribution in [0.3, 0.4) is 0 Å². The molecule has 2 aliphatic rings. The van der Waals surface area contributed by atoms with Crippen LogP contribution in [-0.2, 0) is 0 Å². The standard InChI is InChI=1S/C8H14N2/c1-2-10-6-3-4-8(10)7(9)5-6/h2,6-8H,1,3-5,9H2/t6?,7-,8?/m1/s1. The zero-order valence-corrected chi connectivity index (χ0v) is 6.16. The van der Waals surface area contributed by atoms with Gasteiger partial charge in [-0.1, -0.05) is 6.58 Å². The average molecular weight is 138 g/mol. The molecule has 0 spiro atoms. The van der Waals surface area contributed by atoms with Gasteiger partial charge in [-0.25, -0.2) is 0 Å². The first-order valence-corrected chi connectivity index (χ1v) is 3.98. The highest BCUT2D eigenvalue weighted by atomic mass is 15.2. The van der Waals surface area contributed by atoms with Gasteiger partial charge in [0, 0.05) is 18.1 Å². The molecule has 0 radical (unpaired) electrons. The second-order valence-electron chi connectivity index (χ2n) is 3.33. The van der Waals surface area contributed by atoms with Gasteiger partial charge < -0.3 is 10.6 Å². The molecule has 2 saturated heterocycles. The molecule has 2 N–H and O–H groups in total. The van der Waals surface area contributed by atoms with Crippen LogP contribution < -0.4 is 5.73 Å². The summed E-state index contributed by atoms with van der Waals surface area (Å²) in [5, 5.41) is 0. The molecule has 2 heteroatoms. The van der Waals surface area contributed by atoms with Crippen LogP contribution in [0.1, 0.15) is 19.3 Å². The van der Waals surface area contributed by atoms with Gasteiger partial charge in [-0.05, 0) is 25.5 Å². The van der Waals surface area contributed by atoms with Gasteiger partial charge in [0.1, 0.15) is 0 Å². The summed E-state index contributed by atoms with van der Waals surface area (Å²) in [4.78, 5) is 2.34. The Morgan fingerprint density at radius 3 is 2.60 bits per heavy atom.